The number of guanidine groups is 1. The van der Waals surface area contributed by atoms with Crippen molar-refractivity contribution in [3.05, 3.63) is 41.7 Å². The van der Waals surface area contributed by atoms with Gasteiger partial charge in [0.05, 0.1) is 24.1 Å². The van der Waals surface area contributed by atoms with Crippen LogP contribution in [0.2, 0.25) is 0 Å². The first-order valence-corrected chi connectivity index (χ1v) is 9.47. The summed E-state index contributed by atoms with van der Waals surface area (Å²) in [5.41, 5.74) is 2.13. The Hall–Kier alpha value is -2.21. The van der Waals surface area contributed by atoms with Crippen molar-refractivity contribution in [2.45, 2.75) is 38.6 Å². The van der Waals surface area contributed by atoms with Crippen molar-refractivity contribution in [3.8, 4) is 0 Å². The summed E-state index contributed by atoms with van der Waals surface area (Å²) in [6, 6.07) is 8.39. The first-order chi connectivity index (χ1) is 13.7. The Bertz CT molecular complexity index is 995. The Labute approximate surface area is 187 Å². The lowest BCUT2D eigenvalue weighted by Gasteiger charge is -2.25. The van der Waals surface area contributed by atoms with E-state index in [9.17, 15) is 0 Å². The minimum Gasteiger partial charge on any atom is -0.377 e. The molecule has 0 saturated carbocycles. The van der Waals surface area contributed by atoms with Gasteiger partial charge in [-0.3, -0.25) is 4.99 Å². The fourth-order valence-corrected chi connectivity index (χ4v) is 3.57. The summed E-state index contributed by atoms with van der Waals surface area (Å²) in [6.07, 6.45) is 1.87. The number of rotatable bonds is 5. The Morgan fingerprint density at radius 2 is 2.14 bits per heavy atom. The van der Waals surface area contributed by atoms with E-state index >= 15 is 0 Å². The van der Waals surface area contributed by atoms with E-state index in [-0.39, 0.29) is 30.0 Å². The van der Waals surface area contributed by atoms with Crippen LogP contribution < -0.4 is 10.6 Å². The van der Waals surface area contributed by atoms with Crippen molar-refractivity contribution in [1.29, 1.82) is 0 Å². The number of hydrogen-bond acceptors (Lipinski definition) is 5. The summed E-state index contributed by atoms with van der Waals surface area (Å²) in [7, 11) is 5.47. The molecule has 1 aliphatic rings. The van der Waals surface area contributed by atoms with Crippen molar-refractivity contribution in [3.63, 3.8) is 0 Å². The highest BCUT2D eigenvalue weighted by atomic mass is 127. The van der Waals surface area contributed by atoms with Crippen LogP contribution in [-0.4, -0.2) is 50.5 Å². The molecule has 1 atom stereocenters. The standard InChI is InChI=1S/C19H26N8O.HI/c1-20-19(21-10-18-23-14-6-4-5-7-15(14)26(18)2)22-13-8-9-17-24-16(12-28-3)25-27(17)11-13;/h4-7,13H,8-12H2,1-3H3,(H2,20,21,22);1H. The fourth-order valence-electron chi connectivity index (χ4n) is 3.57. The Kier molecular flexibility index (Phi) is 7.06. The van der Waals surface area contributed by atoms with Gasteiger partial charge in [0.15, 0.2) is 11.8 Å². The van der Waals surface area contributed by atoms with Crippen LogP contribution in [0.3, 0.4) is 0 Å². The molecule has 4 rings (SSSR count). The molecular weight excluding hydrogens is 483 g/mol. The molecule has 9 nitrogen and oxygen atoms in total. The van der Waals surface area contributed by atoms with Crippen LogP contribution >= 0.6 is 24.0 Å². The molecule has 0 bridgehead atoms. The second-order valence-corrected chi connectivity index (χ2v) is 6.94. The van der Waals surface area contributed by atoms with Crippen LogP contribution in [0.15, 0.2) is 29.3 Å². The van der Waals surface area contributed by atoms with Crippen LogP contribution in [0, 0.1) is 0 Å². The van der Waals surface area contributed by atoms with Gasteiger partial charge in [0.25, 0.3) is 0 Å². The van der Waals surface area contributed by atoms with Crippen molar-refractivity contribution in [1.82, 2.24) is 34.9 Å². The Balaban J connectivity index is 0.00000240. The zero-order valence-corrected chi connectivity index (χ0v) is 19.3. The monoisotopic (exact) mass is 510 g/mol. The van der Waals surface area contributed by atoms with Crippen LogP contribution in [0.4, 0.5) is 0 Å². The molecule has 1 aromatic carbocycles. The van der Waals surface area contributed by atoms with Crippen molar-refractivity contribution in [2.24, 2.45) is 12.0 Å². The lowest BCUT2D eigenvalue weighted by Crippen LogP contribution is -2.47. The molecular formula is C19H27IN8O. The largest absolute Gasteiger partial charge is 0.377 e. The van der Waals surface area contributed by atoms with Gasteiger partial charge >= 0.3 is 0 Å². The van der Waals surface area contributed by atoms with Gasteiger partial charge in [-0.25, -0.2) is 14.6 Å². The van der Waals surface area contributed by atoms with Crippen molar-refractivity contribution >= 4 is 41.0 Å². The minimum absolute atomic E-state index is 0. The molecule has 2 aromatic heterocycles. The van der Waals surface area contributed by atoms with Gasteiger partial charge in [0, 0.05) is 33.7 Å². The maximum Gasteiger partial charge on any atom is 0.191 e. The maximum absolute atomic E-state index is 5.13. The van der Waals surface area contributed by atoms with Crippen LogP contribution in [0.25, 0.3) is 11.0 Å². The third-order valence-electron chi connectivity index (χ3n) is 5.03. The SMILES string of the molecule is CN=C(NCc1nc2ccccc2n1C)NC1CCc2nc(COC)nn2C1.I. The third kappa shape index (κ3) is 4.69. The van der Waals surface area contributed by atoms with E-state index in [0.717, 1.165) is 53.9 Å². The molecule has 1 aliphatic heterocycles. The number of halogens is 1. The van der Waals surface area contributed by atoms with E-state index in [1.54, 1.807) is 14.2 Å². The van der Waals surface area contributed by atoms with Crippen LogP contribution in [0.1, 0.15) is 23.9 Å². The van der Waals surface area contributed by atoms with Crippen molar-refractivity contribution < 1.29 is 4.74 Å². The number of nitrogens with one attached hydrogen (secondary N) is 2. The smallest absolute Gasteiger partial charge is 0.191 e. The number of aryl methyl sites for hydroxylation is 2. The van der Waals surface area contributed by atoms with Crippen LogP contribution in [-0.2, 0) is 37.9 Å². The van der Waals surface area contributed by atoms with E-state index in [0.29, 0.717) is 13.2 Å². The number of para-hydroxylation sites is 2. The summed E-state index contributed by atoms with van der Waals surface area (Å²) < 4.78 is 9.20. The molecule has 0 spiro atoms. The highest BCUT2D eigenvalue weighted by molar-refractivity contribution is 14.0. The first kappa shape index (κ1) is 21.5. The van der Waals surface area contributed by atoms with Gasteiger partial charge in [-0.15, -0.1) is 24.0 Å². The van der Waals surface area contributed by atoms with Gasteiger partial charge in [0.1, 0.15) is 18.3 Å². The number of ether oxygens (including phenoxy) is 1. The van der Waals surface area contributed by atoms with E-state index in [4.69, 9.17) is 9.72 Å². The van der Waals surface area contributed by atoms with E-state index in [1.807, 2.05) is 29.9 Å². The molecule has 2 N–H and O–H groups in total. The highest BCUT2D eigenvalue weighted by Crippen LogP contribution is 2.15. The fraction of sp³-hybridized carbons (Fsp3) is 0.474. The highest BCUT2D eigenvalue weighted by Gasteiger charge is 2.22. The van der Waals surface area contributed by atoms with Gasteiger partial charge in [-0.1, -0.05) is 12.1 Å². The second-order valence-electron chi connectivity index (χ2n) is 6.94. The third-order valence-corrected chi connectivity index (χ3v) is 5.03. The molecule has 3 heterocycles. The summed E-state index contributed by atoms with van der Waals surface area (Å²) in [5.74, 6) is 3.49. The predicted octanol–water partition coefficient (Wildman–Crippen LogP) is 1.61. The number of fused-ring (bicyclic) bond motifs is 2. The number of aliphatic imine (C=N–C) groups is 1. The lowest BCUT2D eigenvalue weighted by atomic mass is 10.1. The second kappa shape index (κ2) is 9.53. The minimum atomic E-state index is 0. The quantitative estimate of drug-likeness (QED) is 0.308. The number of hydrogen-bond donors (Lipinski definition) is 2. The molecule has 0 aliphatic carbocycles. The molecule has 29 heavy (non-hydrogen) atoms. The van der Waals surface area contributed by atoms with Gasteiger partial charge in [-0.2, -0.15) is 5.10 Å². The summed E-state index contributed by atoms with van der Waals surface area (Å²) in [4.78, 5) is 13.6. The molecule has 3 aromatic rings. The zero-order valence-electron chi connectivity index (χ0n) is 16.9. The van der Waals surface area contributed by atoms with E-state index < -0.39 is 0 Å². The maximum atomic E-state index is 5.13. The van der Waals surface area contributed by atoms with E-state index in [1.165, 1.54) is 0 Å². The number of nitrogens with zero attached hydrogens (tertiary/aromatic N) is 6. The summed E-state index contributed by atoms with van der Waals surface area (Å²) in [5, 5.41) is 11.4. The lowest BCUT2D eigenvalue weighted by molar-refractivity contribution is 0.177. The number of benzene rings is 1. The van der Waals surface area contributed by atoms with Crippen LogP contribution in [0.5, 0.6) is 0 Å². The molecule has 0 radical (unpaired) electrons. The van der Waals surface area contributed by atoms with E-state index in [2.05, 4.69) is 36.3 Å². The summed E-state index contributed by atoms with van der Waals surface area (Å²) in [6.45, 7) is 1.81. The number of imidazole rings is 1. The molecule has 10 heteroatoms. The molecule has 0 fully saturated rings. The molecule has 0 saturated heterocycles. The van der Waals surface area contributed by atoms with Gasteiger partial charge in [0.2, 0.25) is 0 Å². The Morgan fingerprint density at radius 1 is 1.31 bits per heavy atom. The molecule has 156 valence electrons. The number of aromatic nitrogens is 5. The summed E-state index contributed by atoms with van der Waals surface area (Å²) >= 11 is 0. The topological polar surface area (TPSA) is 94.2 Å². The first-order valence-electron chi connectivity index (χ1n) is 9.47. The van der Waals surface area contributed by atoms with Crippen molar-refractivity contribution in [2.75, 3.05) is 14.2 Å². The average molecular weight is 510 g/mol. The predicted molar refractivity (Wildman–Crippen MR) is 122 cm³/mol. The number of methoxy groups -OCH3 is 1. The molecule has 1 unspecified atom stereocenters. The zero-order chi connectivity index (χ0) is 19.5. The van der Waals surface area contributed by atoms with Gasteiger partial charge < -0.3 is 19.9 Å². The average Bonchev–Trinajstić information content (AvgIpc) is 3.25. The van der Waals surface area contributed by atoms with Gasteiger partial charge in [-0.05, 0) is 18.6 Å². The molecule has 0 amide bonds. The normalized spacial score (nSPS) is 16.4. The Morgan fingerprint density at radius 3 is 2.90 bits per heavy atom.